The van der Waals surface area contributed by atoms with E-state index in [-0.39, 0.29) is 5.75 Å². The van der Waals surface area contributed by atoms with Gasteiger partial charge in [0.1, 0.15) is 5.75 Å². The molecule has 0 aliphatic rings. The fourth-order valence-electron chi connectivity index (χ4n) is 2.66. The Kier molecular flexibility index (Phi) is 6.11. The molecule has 0 amide bonds. The van der Waals surface area contributed by atoms with E-state index in [0.29, 0.717) is 27.3 Å². The second-order valence-electron chi connectivity index (χ2n) is 5.86. The Balaban J connectivity index is 2.14. The average Bonchev–Trinajstić information content (AvgIpc) is 2.64. The number of carbonyl (C=O) groups is 2. The lowest BCUT2D eigenvalue weighted by Crippen LogP contribution is -2.06. The molecule has 28 heavy (non-hydrogen) atoms. The number of halogens is 1. The quantitative estimate of drug-likeness (QED) is 0.404. The van der Waals surface area contributed by atoms with Crippen molar-refractivity contribution in [2.75, 3.05) is 7.11 Å². The van der Waals surface area contributed by atoms with Crippen LogP contribution in [0.5, 0.6) is 17.2 Å². The molecule has 0 atom stereocenters. The van der Waals surface area contributed by atoms with Gasteiger partial charge in [-0.1, -0.05) is 23.4 Å². The number of fused-ring (bicyclic) bond motifs is 1. The Morgan fingerprint density at radius 1 is 0.821 bits per heavy atom. The van der Waals surface area contributed by atoms with Crippen LogP contribution in [0, 0.1) is 0 Å². The number of rotatable bonds is 5. The van der Waals surface area contributed by atoms with Crippen LogP contribution in [-0.4, -0.2) is 19.0 Å². The van der Waals surface area contributed by atoms with Crippen molar-refractivity contribution in [2.45, 2.75) is 23.6 Å². The van der Waals surface area contributed by atoms with E-state index in [4.69, 9.17) is 25.8 Å². The highest BCUT2D eigenvalue weighted by atomic mass is 35.5. The maximum Gasteiger partial charge on any atom is 0.308 e. The Hall–Kier alpha value is -2.70. The number of hydrogen-bond acceptors (Lipinski definition) is 6. The Morgan fingerprint density at radius 3 is 2.07 bits per heavy atom. The summed E-state index contributed by atoms with van der Waals surface area (Å²) >= 11 is 7.47. The standard InChI is InChI=1S/C21H17ClO5S/c1-12(23)26-19-11-20(25-3)21(27-13(2)24)17-9-8-16(10-18(17)19)28-15-6-4-14(22)5-7-15/h4-11H,1-3H3. The van der Waals surface area contributed by atoms with E-state index < -0.39 is 11.9 Å². The molecule has 0 bridgehead atoms. The maximum absolute atomic E-state index is 11.6. The molecule has 0 N–H and O–H groups in total. The van der Waals surface area contributed by atoms with Crippen molar-refractivity contribution in [1.82, 2.24) is 0 Å². The third-order valence-electron chi connectivity index (χ3n) is 3.76. The summed E-state index contributed by atoms with van der Waals surface area (Å²) in [6.45, 7) is 2.64. The molecule has 3 aromatic rings. The van der Waals surface area contributed by atoms with E-state index in [1.165, 1.54) is 32.7 Å². The van der Waals surface area contributed by atoms with Crippen LogP contribution in [0.15, 0.2) is 58.3 Å². The van der Waals surface area contributed by atoms with Crippen molar-refractivity contribution in [3.8, 4) is 17.2 Å². The first kappa shape index (κ1) is 20.0. The number of methoxy groups -OCH3 is 1. The van der Waals surface area contributed by atoms with Gasteiger partial charge in [-0.2, -0.15) is 0 Å². The van der Waals surface area contributed by atoms with E-state index >= 15 is 0 Å². The van der Waals surface area contributed by atoms with Crippen LogP contribution in [0.25, 0.3) is 10.8 Å². The number of benzene rings is 3. The fourth-order valence-corrected chi connectivity index (χ4v) is 3.65. The summed E-state index contributed by atoms with van der Waals surface area (Å²) in [6.07, 6.45) is 0. The minimum Gasteiger partial charge on any atom is -0.493 e. The van der Waals surface area contributed by atoms with E-state index in [2.05, 4.69) is 0 Å². The fraction of sp³-hybridized carbons (Fsp3) is 0.143. The van der Waals surface area contributed by atoms with E-state index in [0.717, 1.165) is 9.79 Å². The zero-order chi connectivity index (χ0) is 20.3. The molecule has 7 heteroatoms. The monoisotopic (exact) mass is 416 g/mol. The molecule has 0 saturated carbocycles. The number of esters is 2. The molecule has 0 saturated heterocycles. The zero-order valence-electron chi connectivity index (χ0n) is 15.4. The predicted octanol–water partition coefficient (Wildman–Crippen LogP) is 5.50. The minimum atomic E-state index is -0.473. The highest BCUT2D eigenvalue weighted by Gasteiger charge is 2.18. The SMILES string of the molecule is COc1cc(OC(C)=O)c2cc(Sc3ccc(Cl)cc3)ccc2c1OC(C)=O. The second-order valence-corrected chi connectivity index (χ2v) is 7.44. The summed E-state index contributed by atoms with van der Waals surface area (Å²) < 4.78 is 16.0. The van der Waals surface area contributed by atoms with E-state index in [9.17, 15) is 9.59 Å². The smallest absolute Gasteiger partial charge is 0.308 e. The van der Waals surface area contributed by atoms with Crippen molar-refractivity contribution in [2.24, 2.45) is 0 Å². The first-order valence-electron chi connectivity index (χ1n) is 8.32. The lowest BCUT2D eigenvalue weighted by Gasteiger charge is -2.15. The first-order chi connectivity index (χ1) is 13.4. The summed E-state index contributed by atoms with van der Waals surface area (Å²) in [6, 6.07) is 14.6. The molecule has 0 aliphatic heterocycles. The van der Waals surface area contributed by atoms with Crippen molar-refractivity contribution in [3.63, 3.8) is 0 Å². The molecule has 5 nitrogen and oxygen atoms in total. The van der Waals surface area contributed by atoms with Crippen LogP contribution in [0.3, 0.4) is 0 Å². The van der Waals surface area contributed by atoms with Gasteiger partial charge in [0.25, 0.3) is 0 Å². The van der Waals surface area contributed by atoms with Crippen LogP contribution >= 0.6 is 23.4 Å². The van der Waals surface area contributed by atoms with Crippen LogP contribution < -0.4 is 14.2 Å². The molecule has 0 heterocycles. The van der Waals surface area contributed by atoms with Crippen molar-refractivity contribution in [3.05, 3.63) is 53.6 Å². The van der Waals surface area contributed by atoms with Crippen molar-refractivity contribution in [1.29, 1.82) is 0 Å². The van der Waals surface area contributed by atoms with Gasteiger partial charge in [0.05, 0.1) is 7.11 Å². The molecule has 3 aromatic carbocycles. The highest BCUT2D eigenvalue weighted by molar-refractivity contribution is 7.99. The van der Waals surface area contributed by atoms with Crippen LogP contribution in [0.2, 0.25) is 5.02 Å². The molecule has 0 spiro atoms. The summed E-state index contributed by atoms with van der Waals surface area (Å²) in [5.41, 5.74) is 0. The number of ether oxygens (including phenoxy) is 3. The Labute approximate surface area is 171 Å². The highest BCUT2D eigenvalue weighted by Crippen LogP contribution is 2.43. The molecule has 3 rings (SSSR count). The van der Waals surface area contributed by atoms with Gasteiger partial charge >= 0.3 is 11.9 Å². The minimum absolute atomic E-state index is 0.281. The van der Waals surface area contributed by atoms with Crippen molar-refractivity contribution < 1.29 is 23.8 Å². The van der Waals surface area contributed by atoms with Gasteiger partial charge in [-0.05, 0) is 42.5 Å². The second kappa shape index (κ2) is 8.54. The lowest BCUT2D eigenvalue weighted by molar-refractivity contribution is -0.133. The van der Waals surface area contributed by atoms with Gasteiger partial charge in [0, 0.05) is 45.5 Å². The van der Waals surface area contributed by atoms with Crippen LogP contribution in [0.4, 0.5) is 0 Å². The third kappa shape index (κ3) is 4.58. The largest absolute Gasteiger partial charge is 0.493 e. The van der Waals surface area contributed by atoms with Gasteiger partial charge in [-0.25, -0.2) is 0 Å². The molecular weight excluding hydrogens is 400 g/mol. The third-order valence-corrected chi connectivity index (χ3v) is 5.01. The molecule has 0 unspecified atom stereocenters. The van der Waals surface area contributed by atoms with Crippen LogP contribution in [0.1, 0.15) is 13.8 Å². The number of carbonyl (C=O) groups excluding carboxylic acids is 2. The molecule has 144 valence electrons. The molecule has 0 radical (unpaired) electrons. The summed E-state index contributed by atoms with van der Waals surface area (Å²) in [7, 11) is 1.45. The van der Waals surface area contributed by atoms with Gasteiger partial charge in [0.2, 0.25) is 0 Å². The number of hydrogen-bond donors (Lipinski definition) is 0. The van der Waals surface area contributed by atoms with Gasteiger partial charge in [0.15, 0.2) is 11.5 Å². The summed E-state index contributed by atoms with van der Waals surface area (Å²) in [5, 5.41) is 1.90. The summed E-state index contributed by atoms with van der Waals surface area (Å²) in [5.74, 6) is -0.0198. The first-order valence-corrected chi connectivity index (χ1v) is 9.52. The van der Waals surface area contributed by atoms with Gasteiger partial charge < -0.3 is 14.2 Å². The van der Waals surface area contributed by atoms with Gasteiger partial charge in [-0.15, -0.1) is 0 Å². The predicted molar refractivity (Wildman–Crippen MR) is 109 cm³/mol. The van der Waals surface area contributed by atoms with E-state index in [1.54, 1.807) is 12.1 Å². The molecule has 0 aliphatic carbocycles. The molecule has 0 aromatic heterocycles. The van der Waals surface area contributed by atoms with E-state index in [1.807, 2.05) is 36.4 Å². The average molecular weight is 417 g/mol. The Morgan fingerprint density at radius 2 is 1.46 bits per heavy atom. The van der Waals surface area contributed by atoms with Crippen LogP contribution in [-0.2, 0) is 9.59 Å². The van der Waals surface area contributed by atoms with Gasteiger partial charge in [-0.3, -0.25) is 9.59 Å². The maximum atomic E-state index is 11.6. The summed E-state index contributed by atoms with van der Waals surface area (Å²) in [4.78, 5) is 25.0. The molecule has 0 fully saturated rings. The topological polar surface area (TPSA) is 61.8 Å². The normalized spacial score (nSPS) is 10.6. The molecular formula is C21H17ClO5S. The Bertz CT molecular complexity index is 1050. The van der Waals surface area contributed by atoms with Crippen molar-refractivity contribution >= 4 is 46.1 Å². The zero-order valence-corrected chi connectivity index (χ0v) is 17.0. The lowest BCUT2D eigenvalue weighted by atomic mass is 10.1.